The third-order valence-electron chi connectivity index (χ3n) is 9.85. The summed E-state index contributed by atoms with van der Waals surface area (Å²) in [6.07, 6.45) is 0. The van der Waals surface area contributed by atoms with Crippen molar-refractivity contribution in [2.45, 2.75) is 0 Å². The quantitative estimate of drug-likeness (QED) is 0.185. The molecule has 9 aromatic carbocycles. The zero-order valence-corrected chi connectivity index (χ0v) is 25.6. The van der Waals surface area contributed by atoms with Crippen molar-refractivity contribution in [3.05, 3.63) is 170 Å². The van der Waals surface area contributed by atoms with Gasteiger partial charge in [-0.3, -0.25) is 0 Å². The SMILES string of the molecule is c1ccc2c(-c3c4ccccc4c(-c4cccc5cc(-c6cccc7oc8ccccc8c67)ccc45)c4ccccc34)cccc2c1. The van der Waals surface area contributed by atoms with E-state index < -0.39 is 0 Å². The molecule has 0 atom stereocenters. The average molecular weight is 597 g/mol. The third kappa shape index (κ3) is 3.90. The molecule has 0 fully saturated rings. The van der Waals surface area contributed by atoms with Gasteiger partial charge in [-0.1, -0.05) is 152 Å². The lowest BCUT2D eigenvalue weighted by Gasteiger charge is -2.20. The standard InChI is InChI=1S/C46H28O/c1-2-15-32-29(12-1)13-9-22-35(32)44-37-16-3-5-18-39(37)45(40-19-6-4-17-38(40)44)36-23-10-14-30-28-31(26-27-33(30)36)34-21-11-25-43-46(34)41-20-7-8-24-42(41)47-43/h1-28H. The van der Waals surface area contributed by atoms with Crippen molar-refractivity contribution in [2.24, 2.45) is 0 Å². The Bertz CT molecular complexity index is 2790. The van der Waals surface area contributed by atoms with E-state index in [9.17, 15) is 0 Å². The van der Waals surface area contributed by atoms with E-state index in [1.807, 2.05) is 12.1 Å². The van der Waals surface area contributed by atoms with Crippen molar-refractivity contribution < 1.29 is 4.42 Å². The highest BCUT2D eigenvalue weighted by molar-refractivity contribution is 6.25. The highest BCUT2D eigenvalue weighted by Crippen LogP contribution is 2.47. The highest BCUT2D eigenvalue weighted by Gasteiger charge is 2.19. The Kier molecular flexibility index (Phi) is 5.64. The van der Waals surface area contributed by atoms with Crippen LogP contribution in [0.2, 0.25) is 0 Å². The molecule has 0 bridgehead atoms. The minimum absolute atomic E-state index is 0.918. The molecule has 1 nitrogen and oxygen atoms in total. The molecule has 0 N–H and O–H groups in total. The number of para-hydroxylation sites is 1. The molecule has 0 unspecified atom stereocenters. The molecular formula is C46H28O. The topological polar surface area (TPSA) is 13.1 Å². The van der Waals surface area contributed by atoms with Crippen molar-refractivity contribution in [1.82, 2.24) is 0 Å². The number of hydrogen-bond donors (Lipinski definition) is 0. The van der Waals surface area contributed by atoms with Crippen LogP contribution in [0.4, 0.5) is 0 Å². The molecule has 1 aromatic heterocycles. The van der Waals surface area contributed by atoms with Gasteiger partial charge in [0.05, 0.1) is 0 Å². The smallest absolute Gasteiger partial charge is 0.136 e. The van der Waals surface area contributed by atoms with Gasteiger partial charge >= 0.3 is 0 Å². The summed E-state index contributed by atoms with van der Waals surface area (Å²) >= 11 is 0. The van der Waals surface area contributed by atoms with Gasteiger partial charge in [0.1, 0.15) is 11.2 Å². The molecule has 0 aliphatic carbocycles. The largest absolute Gasteiger partial charge is 0.456 e. The Morgan fingerprint density at radius 2 is 0.766 bits per heavy atom. The van der Waals surface area contributed by atoms with Gasteiger partial charge in [-0.25, -0.2) is 0 Å². The first kappa shape index (κ1) is 26.1. The van der Waals surface area contributed by atoms with Crippen LogP contribution in [0.25, 0.3) is 98.4 Å². The fraction of sp³-hybridized carbons (Fsp3) is 0. The van der Waals surface area contributed by atoms with Crippen LogP contribution in [-0.4, -0.2) is 0 Å². The monoisotopic (exact) mass is 596 g/mol. The highest BCUT2D eigenvalue weighted by atomic mass is 16.3. The Morgan fingerprint density at radius 3 is 1.45 bits per heavy atom. The van der Waals surface area contributed by atoms with E-state index in [4.69, 9.17) is 4.42 Å². The summed E-state index contributed by atoms with van der Waals surface area (Å²) in [4.78, 5) is 0. The van der Waals surface area contributed by atoms with E-state index in [0.29, 0.717) is 0 Å². The lowest BCUT2D eigenvalue weighted by Crippen LogP contribution is -1.92. The number of hydrogen-bond acceptors (Lipinski definition) is 1. The molecule has 0 aliphatic heterocycles. The predicted molar refractivity (Wildman–Crippen MR) is 200 cm³/mol. The number of furan rings is 1. The molecule has 0 aliphatic rings. The fourth-order valence-corrected chi connectivity index (χ4v) is 7.84. The summed E-state index contributed by atoms with van der Waals surface area (Å²) in [5, 5.41) is 12.4. The lowest BCUT2D eigenvalue weighted by molar-refractivity contribution is 0.669. The van der Waals surface area contributed by atoms with Crippen LogP contribution in [0, 0.1) is 0 Å². The average Bonchev–Trinajstić information content (AvgIpc) is 3.52. The van der Waals surface area contributed by atoms with Crippen molar-refractivity contribution in [3.63, 3.8) is 0 Å². The van der Waals surface area contributed by atoms with Crippen molar-refractivity contribution in [1.29, 1.82) is 0 Å². The molecule has 0 amide bonds. The summed E-state index contributed by atoms with van der Waals surface area (Å²) in [7, 11) is 0. The van der Waals surface area contributed by atoms with E-state index in [0.717, 1.165) is 16.6 Å². The molecule has 1 heterocycles. The molecule has 0 spiro atoms. The van der Waals surface area contributed by atoms with Gasteiger partial charge in [0.15, 0.2) is 0 Å². The first-order chi connectivity index (χ1) is 23.3. The van der Waals surface area contributed by atoms with Crippen molar-refractivity contribution in [3.8, 4) is 33.4 Å². The molecule has 10 aromatic rings. The van der Waals surface area contributed by atoms with E-state index in [2.05, 4.69) is 158 Å². The first-order valence-electron chi connectivity index (χ1n) is 16.2. The summed E-state index contributed by atoms with van der Waals surface area (Å²) in [5.74, 6) is 0. The predicted octanol–water partition coefficient (Wildman–Crippen LogP) is 13.2. The minimum atomic E-state index is 0.918. The Hall–Kier alpha value is -6.18. The summed E-state index contributed by atoms with van der Waals surface area (Å²) < 4.78 is 6.23. The van der Waals surface area contributed by atoms with Gasteiger partial charge in [0.2, 0.25) is 0 Å². The van der Waals surface area contributed by atoms with Crippen LogP contribution in [-0.2, 0) is 0 Å². The van der Waals surface area contributed by atoms with Crippen molar-refractivity contribution >= 4 is 65.0 Å². The lowest BCUT2D eigenvalue weighted by atomic mass is 9.83. The van der Waals surface area contributed by atoms with Gasteiger partial charge in [-0.2, -0.15) is 0 Å². The number of fused-ring (bicyclic) bond motifs is 7. The van der Waals surface area contributed by atoms with E-state index in [1.54, 1.807) is 0 Å². The molecule has 218 valence electrons. The Balaban J connectivity index is 1.24. The van der Waals surface area contributed by atoms with Crippen LogP contribution >= 0.6 is 0 Å². The second-order valence-electron chi connectivity index (χ2n) is 12.4. The number of benzene rings is 9. The van der Waals surface area contributed by atoms with Crippen LogP contribution < -0.4 is 0 Å². The molecule has 0 saturated heterocycles. The Morgan fingerprint density at radius 1 is 0.298 bits per heavy atom. The van der Waals surface area contributed by atoms with E-state index >= 15 is 0 Å². The molecule has 10 rings (SSSR count). The maximum absolute atomic E-state index is 6.23. The maximum Gasteiger partial charge on any atom is 0.136 e. The van der Waals surface area contributed by atoms with Gasteiger partial charge < -0.3 is 4.42 Å². The molecule has 1 heteroatoms. The number of rotatable bonds is 3. The van der Waals surface area contributed by atoms with Crippen molar-refractivity contribution in [2.75, 3.05) is 0 Å². The van der Waals surface area contributed by atoms with Crippen LogP contribution in [0.3, 0.4) is 0 Å². The van der Waals surface area contributed by atoms with Gasteiger partial charge in [-0.15, -0.1) is 0 Å². The minimum Gasteiger partial charge on any atom is -0.456 e. The summed E-state index contributed by atoms with van der Waals surface area (Å²) in [5.41, 5.74) is 9.30. The van der Waals surface area contributed by atoms with Crippen LogP contribution in [0.15, 0.2) is 174 Å². The van der Waals surface area contributed by atoms with Gasteiger partial charge in [0, 0.05) is 10.8 Å². The molecule has 47 heavy (non-hydrogen) atoms. The molecule has 0 saturated carbocycles. The second kappa shape index (κ2) is 10.2. The molecular weight excluding hydrogens is 569 g/mol. The second-order valence-corrected chi connectivity index (χ2v) is 12.4. The Labute approximate surface area is 271 Å². The van der Waals surface area contributed by atoms with Crippen LogP contribution in [0.5, 0.6) is 0 Å². The van der Waals surface area contributed by atoms with E-state index in [-0.39, 0.29) is 0 Å². The first-order valence-corrected chi connectivity index (χ1v) is 16.2. The maximum atomic E-state index is 6.23. The third-order valence-corrected chi connectivity index (χ3v) is 9.85. The zero-order valence-electron chi connectivity index (χ0n) is 25.6. The summed E-state index contributed by atoms with van der Waals surface area (Å²) in [6.45, 7) is 0. The summed E-state index contributed by atoms with van der Waals surface area (Å²) in [6, 6.07) is 61.6. The fourth-order valence-electron chi connectivity index (χ4n) is 7.84. The molecule has 0 radical (unpaired) electrons. The normalized spacial score (nSPS) is 11.8. The van der Waals surface area contributed by atoms with Gasteiger partial charge in [-0.05, 0) is 94.7 Å². The van der Waals surface area contributed by atoms with E-state index in [1.165, 1.54) is 81.9 Å². The van der Waals surface area contributed by atoms with Crippen LogP contribution in [0.1, 0.15) is 0 Å². The zero-order chi connectivity index (χ0) is 30.9. The van der Waals surface area contributed by atoms with Gasteiger partial charge in [0.25, 0.3) is 0 Å².